The second-order valence-electron chi connectivity index (χ2n) is 18.1. The van der Waals surface area contributed by atoms with Crippen molar-refractivity contribution in [2.75, 3.05) is 49.2 Å². The lowest BCUT2D eigenvalue weighted by atomic mass is 9.78. The van der Waals surface area contributed by atoms with Crippen LogP contribution in [0, 0.1) is 0 Å². The van der Waals surface area contributed by atoms with Gasteiger partial charge in [-0.05, 0) is 107 Å². The topological polar surface area (TPSA) is 81.7 Å². The van der Waals surface area contributed by atoms with E-state index in [4.69, 9.17) is 19.7 Å². The number of rotatable bonds is 11. The Morgan fingerprint density at radius 1 is 0.783 bits per heavy atom. The van der Waals surface area contributed by atoms with Gasteiger partial charge in [-0.1, -0.05) is 33.6 Å². The second kappa shape index (κ2) is 14.9. The molecular formula is C37H70N8O. The Morgan fingerprint density at radius 2 is 1.35 bits per heavy atom. The van der Waals surface area contributed by atoms with Gasteiger partial charge in [-0.25, -0.2) is 0 Å². The molecule has 1 aromatic rings. The number of nitrogens with one attached hydrogen (secondary N) is 2. The quantitative estimate of drug-likeness (QED) is 0.270. The molecule has 3 aliphatic heterocycles. The molecule has 1 aromatic heterocycles. The van der Waals surface area contributed by atoms with E-state index in [0.717, 1.165) is 69.8 Å². The number of aromatic nitrogens is 3. The molecule has 0 amide bonds. The molecule has 0 aromatic carbocycles. The fourth-order valence-electron chi connectivity index (χ4n) is 8.43. The van der Waals surface area contributed by atoms with E-state index >= 15 is 0 Å². The average molecular weight is 643 g/mol. The Balaban J connectivity index is 1.45. The molecule has 0 radical (unpaired) electrons. The number of piperidine rings is 2. The van der Waals surface area contributed by atoms with Crippen LogP contribution in [-0.4, -0.2) is 100 Å². The molecule has 2 unspecified atom stereocenters. The lowest BCUT2D eigenvalue weighted by molar-refractivity contribution is 0.0111. The van der Waals surface area contributed by atoms with Gasteiger partial charge >= 0.3 is 0 Å². The maximum absolute atomic E-state index is 5.65. The van der Waals surface area contributed by atoms with E-state index in [1.807, 2.05) is 0 Å². The third-order valence-corrected chi connectivity index (χ3v) is 10.1. The maximum Gasteiger partial charge on any atom is 0.230 e. The first kappa shape index (κ1) is 37.3. The Hall–Kier alpha value is -1.55. The van der Waals surface area contributed by atoms with Crippen LogP contribution in [0.2, 0.25) is 0 Å². The summed E-state index contributed by atoms with van der Waals surface area (Å²) >= 11 is 0. The van der Waals surface area contributed by atoms with Crippen LogP contribution in [0.1, 0.15) is 140 Å². The van der Waals surface area contributed by atoms with Crippen LogP contribution in [0.4, 0.5) is 11.9 Å². The van der Waals surface area contributed by atoms with Crippen molar-refractivity contribution in [3.8, 4) is 0 Å². The third kappa shape index (κ3) is 10.5. The van der Waals surface area contributed by atoms with Crippen LogP contribution in [0.5, 0.6) is 0 Å². The van der Waals surface area contributed by atoms with Crippen LogP contribution in [0.25, 0.3) is 0 Å². The molecule has 3 aliphatic rings. The molecular weight excluding hydrogens is 572 g/mol. The van der Waals surface area contributed by atoms with Gasteiger partial charge in [0.05, 0.1) is 13.2 Å². The highest BCUT2D eigenvalue weighted by molar-refractivity contribution is 5.41. The Labute approximate surface area is 282 Å². The number of hydrogen-bond acceptors (Lipinski definition) is 9. The largest absolute Gasteiger partial charge is 0.378 e. The van der Waals surface area contributed by atoms with Crippen molar-refractivity contribution in [2.24, 2.45) is 0 Å². The first-order valence-corrected chi connectivity index (χ1v) is 18.5. The van der Waals surface area contributed by atoms with E-state index in [-0.39, 0.29) is 22.0 Å². The van der Waals surface area contributed by atoms with Gasteiger partial charge in [-0.15, -0.1) is 0 Å². The molecule has 0 saturated carbocycles. The predicted molar refractivity (Wildman–Crippen MR) is 193 cm³/mol. The summed E-state index contributed by atoms with van der Waals surface area (Å²) in [5.74, 6) is 2.55. The highest BCUT2D eigenvalue weighted by Crippen LogP contribution is 2.35. The number of nitrogens with zero attached hydrogens (tertiary/aromatic N) is 6. The first-order valence-electron chi connectivity index (χ1n) is 18.5. The summed E-state index contributed by atoms with van der Waals surface area (Å²) in [6, 6.07) is 1.98. The second-order valence-corrected chi connectivity index (χ2v) is 18.1. The Kier molecular flexibility index (Phi) is 12.1. The molecule has 4 rings (SSSR count). The highest BCUT2D eigenvalue weighted by Gasteiger charge is 2.42. The van der Waals surface area contributed by atoms with Gasteiger partial charge in [-0.2, -0.15) is 15.0 Å². The van der Waals surface area contributed by atoms with E-state index in [0.29, 0.717) is 24.2 Å². The number of hydrogen-bond donors (Lipinski definition) is 2. The van der Waals surface area contributed by atoms with Gasteiger partial charge in [-0.3, -0.25) is 4.90 Å². The standard InChI is InChI=1S/C37H70N8O/c1-27-23-29(24-28(2)38-27)44(33-40-31(34(3,4)5)39-32(41-33)43-19-21-46-22-20-43)17-15-13-14-16-18-45(35(6,7)8)30-25-36(9,10)42-37(11,12)26-30/h27-30,38,42H,13-26H2,1-12H3. The SMILES string of the molecule is CC1CC(N(CCCCCCN(C2CC(C)(C)NC(C)(C)C2)C(C)(C)C)c2nc(N3CCOCC3)nc(C(C)(C)C)n2)CC(C)N1. The van der Waals surface area contributed by atoms with Gasteiger partial charge < -0.3 is 25.2 Å². The van der Waals surface area contributed by atoms with E-state index in [1.54, 1.807) is 0 Å². The summed E-state index contributed by atoms with van der Waals surface area (Å²) in [6.07, 6.45) is 9.48. The van der Waals surface area contributed by atoms with Crippen molar-refractivity contribution in [3.05, 3.63) is 5.82 Å². The minimum atomic E-state index is -0.156. The smallest absolute Gasteiger partial charge is 0.230 e. The molecule has 0 spiro atoms. The summed E-state index contributed by atoms with van der Waals surface area (Å²) in [7, 11) is 0. The number of ether oxygens (including phenoxy) is 1. The normalized spacial score (nSPS) is 26.0. The van der Waals surface area contributed by atoms with Gasteiger partial charge in [0, 0.05) is 65.8 Å². The molecule has 9 heteroatoms. The molecule has 46 heavy (non-hydrogen) atoms. The van der Waals surface area contributed by atoms with Crippen molar-refractivity contribution >= 4 is 11.9 Å². The molecule has 2 N–H and O–H groups in total. The lowest BCUT2D eigenvalue weighted by Crippen LogP contribution is -2.64. The van der Waals surface area contributed by atoms with E-state index in [2.05, 4.69) is 108 Å². The van der Waals surface area contributed by atoms with Crippen molar-refractivity contribution in [3.63, 3.8) is 0 Å². The van der Waals surface area contributed by atoms with Gasteiger partial charge in [0.1, 0.15) is 5.82 Å². The van der Waals surface area contributed by atoms with Crippen molar-refractivity contribution in [2.45, 2.75) is 181 Å². The summed E-state index contributed by atoms with van der Waals surface area (Å²) in [4.78, 5) is 23.0. The zero-order valence-electron chi connectivity index (χ0n) is 31.8. The van der Waals surface area contributed by atoms with Crippen molar-refractivity contribution in [1.29, 1.82) is 0 Å². The van der Waals surface area contributed by atoms with Crippen LogP contribution in [0.3, 0.4) is 0 Å². The minimum absolute atomic E-state index is 0.156. The molecule has 2 atom stereocenters. The molecule has 9 nitrogen and oxygen atoms in total. The van der Waals surface area contributed by atoms with Crippen LogP contribution < -0.4 is 20.4 Å². The average Bonchev–Trinajstić information content (AvgIpc) is 2.91. The van der Waals surface area contributed by atoms with Crippen molar-refractivity contribution < 1.29 is 4.74 Å². The summed E-state index contributed by atoms with van der Waals surface area (Å²) in [5, 5.41) is 7.63. The van der Waals surface area contributed by atoms with Crippen molar-refractivity contribution in [1.82, 2.24) is 30.5 Å². The van der Waals surface area contributed by atoms with Gasteiger partial charge in [0.25, 0.3) is 0 Å². The molecule has 3 fully saturated rings. The first-order chi connectivity index (χ1) is 21.3. The fourth-order valence-corrected chi connectivity index (χ4v) is 8.43. The molecule has 264 valence electrons. The van der Waals surface area contributed by atoms with Crippen LogP contribution in [-0.2, 0) is 10.2 Å². The Morgan fingerprint density at radius 3 is 1.89 bits per heavy atom. The highest BCUT2D eigenvalue weighted by atomic mass is 16.5. The summed E-state index contributed by atoms with van der Waals surface area (Å²) in [5.41, 5.74) is 0.324. The third-order valence-electron chi connectivity index (χ3n) is 10.1. The monoisotopic (exact) mass is 643 g/mol. The fraction of sp³-hybridized carbons (Fsp3) is 0.919. The van der Waals surface area contributed by atoms with Gasteiger partial charge in [0.15, 0.2) is 0 Å². The zero-order valence-corrected chi connectivity index (χ0v) is 31.8. The molecule has 3 saturated heterocycles. The predicted octanol–water partition coefficient (Wildman–Crippen LogP) is 6.31. The van der Waals surface area contributed by atoms with Crippen LogP contribution in [0.15, 0.2) is 0 Å². The number of anilines is 2. The van der Waals surface area contributed by atoms with Crippen LogP contribution >= 0.6 is 0 Å². The van der Waals surface area contributed by atoms with E-state index in [1.165, 1.54) is 38.6 Å². The summed E-state index contributed by atoms with van der Waals surface area (Å²) in [6.45, 7) is 33.2. The maximum atomic E-state index is 5.65. The number of morpholine rings is 1. The zero-order chi connectivity index (χ0) is 33.9. The minimum Gasteiger partial charge on any atom is -0.378 e. The van der Waals surface area contributed by atoms with Gasteiger partial charge in [0.2, 0.25) is 11.9 Å². The van der Waals surface area contributed by atoms with E-state index in [9.17, 15) is 0 Å². The van der Waals surface area contributed by atoms with E-state index < -0.39 is 0 Å². The Bertz CT molecular complexity index is 1080. The number of unbranched alkanes of at least 4 members (excludes halogenated alkanes) is 3. The summed E-state index contributed by atoms with van der Waals surface area (Å²) < 4.78 is 5.65. The molecule has 0 bridgehead atoms. The lowest BCUT2D eigenvalue weighted by Gasteiger charge is -2.53. The molecule has 0 aliphatic carbocycles. The molecule has 4 heterocycles.